The summed E-state index contributed by atoms with van der Waals surface area (Å²) in [6, 6.07) is 5.96. The molecule has 1 aliphatic heterocycles. The summed E-state index contributed by atoms with van der Waals surface area (Å²) in [5.41, 5.74) is 1.62. The molecule has 2 aromatic heterocycles. The molecule has 0 bridgehead atoms. The lowest BCUT2D eigenvalue weighted by Gasteiger charge is -2.15. The van der Waals surface area contributed by atoms with Crippen LogP contribution in [0.5, 0.6) is 0 Å². The zero-order chi connectivity index (χ0) is 13.2. The van der Waals surface area contributed by atoms with E-state index in [9.17, 15) is 4.79 Å². The normalized spacial score (nSPS) is 18.7. The zero-order valence-electron chi connectivity index (χ0n) is 10.3. The van der Waals surface area contributed by atoms with Crippen molar-refractivity contribution < 1.29 is 9.90 Å². The summed E-state index contributed by atoms with van der Waals surface area (Å²) in [7, 11) is 0. The van der Waals surface area contributed by atoms with Crippen LogP contribution in [0.4, 0.5) is 10.5 Å². The van der Waals surface area contributed by atoms with E-state index < -0.39 is 6.09 Å². The van der Waals surface area contributed by atoms with Crippen molar-refractivity contribution in [3.05, 3.63) is 30.6 Å². The van der Waals surface area contributed by atoms with E-state index in [1.807, 2.05) is 18.2 Å². The Balaban J connectivity index is 1.73. The first-order chi connectivity index (χ1) is 9.22. The highest BCUT2D eigenvalue weighted by atomic mass is 16.4. The average molecular weight is 258 g/mol. The van der Waals surface area contributed by atoms with Gasteiger partial charge in [0.05, 0.1) is 11.9 Å². The fourth-order valence-electron chi connectivity index (χ4n) is 2.33. The van der Waals surface area contributed by atoms with E-state index in [4.69, 9.17) is 5.11 Å². The van der Waals surface area contributed by atoms with Crippen LogP contribution in [0.15, 0.2) is 30.6 Å². The van der Waals surface area contributed by atoms with Gasteiger partial charge >= 0.3 is 6.09 Å². The fourth-order valence-corrected chi connectivity index (χ4v) is 2.33. The summed E-state index contributed by atoms with van der Waals surface area (Å²) in [6.07, 6.45) is 3.41. The van der Waals surface area contributed by atoms with Gasteiger partial charge in [0.25, 0.3) is 0 Å². The number of likely N-dealkylation sites (tertiary alicyclic amines) is 1. The molecule has 6 nitrogen and oxygen atoms in total. The molecule has 98 valence electrons. The van der Waals surface area contributed by atoms with Gasteiger partial charge in [-0.05, 0) is 24.6 Å². The first kappa shape index (κ1) is 11.7. The second-order valence-electron chi connectivity index (χ2n) is 4.63. The molecule has 0 spiro atoms. The molecule has 0 aromatic carbocycles. The molecule has 2 N–H and O–H groups in total. The predicted octanol–water partition coefficient (Wildman–Crippen LogP) is 1.79. The van der Waals surface area contributed by atoms with Crippen molar-refractivity contribution in [2.75, 3.05) is 18.4 Å². The molecule has 1 saturated heterocycles. The van der Waals surface area contributed by atoms with Crippen LogP contribution in [-0.4, -0.2) is 45.2 Å². The van der Waals surface area contributed by atoms with E-state index >= 15 is 0 Å². The number of nitrogens with zero attached hydrogens (tertiary/aromatic N) is 3. The summed E-state index contributed by atoms with van der Waals surface area (Å²) in [4.78, 5) is 20.7. The third-order valence-electron chi connectivity index (χ3n) is 3.28. The van der Waals surface area contributed by atoms with Crippen molar-refractivity contribution >= 4 is 22.8 Å². The van der Waals surface area contributed by atoms with Crippen LogP contribution in [0.1, 0.15) is 6.42 Å². The molecule has 0 saturated carbocycles. The largest absolute Gasteiger partial charge is 0.465 e. The smallest absolute Gasteiger partial charge is 0.407 e. The molecule has 3 rings (SSSR count). The van der Waals surface area contributed by atoms with Gasteiger partial charge in [-0.2, -0.15) is 0 Å². The minimum absolute atomic E-state index is 0.145. The predicted molar refractivity (Wildman–Crippen MR) is 71.2 cm³/mol. The number of rotatable bonds is 2. The average Bonchev–Trinajstić information content (AvgIpc) is 2.87. The molecule has 3 heterocycles. The van der Waals surface area contributed by atoms with Crippen LogP contribution in [0.2, 0.25) is 0 Å². The Bertz CT molecular complexity index is 616. The number of aromatic nitrogens is 2. The second kappa shape index (κ2) is 4.72. The van der Waals surface area contributed by atoms with Crippen molar-refractivity contribution in [2.24, 2.45) is 0 Å². The van der Waals surface area contributed by atoms with Crippen molar-refractivity contribution in [1.29, 1.82) is 0 Å². The van der Waals surface area contributed by atoms with Gasteiger partial charge in [-0.1, -0.05) is 0 Å². The third-order valence-corrected chi connectivity index (χ3v) is 3.28. The van der Waals surface area contributed by atoms with Gasteiger partial charge < -0.3 is 15.3 Å². The van der Waals surface area contributed by atoms with Crippen LogP contribution >= 0.6 is 0 Å². The Labute approximate surface area is 110 Å². The molecule has 1 amide bonds. The number of hydrogen-bond acceptors (Lipinski definition) is 4. The fraction of sp³-hybridized carbons (Fsp3) is 0.308. The number of anilines is 1. The molecule has 0 unspecified atom stereocenters. The lowest BCUT2D eigenvalue weighted by molar-refractivity contribution is 0.155. The lowest BCUT2D eigenvalue weighted by Crippen LogP contribution is -2.30. The first-order valence-corrected chi connectivity index (χ1v) is 6.17. The topological polar surface area (TPSA) is 78.4 Å². The van der Waals surface area contributed by atoms with Crippen molar-refractivity contribution in [2.45, 2.75) is 12.5 Å². The van der Waals surface area contributed by atoms with E-state index in [2.05, 4.69) is 15.3 Å². The second-order valence-corrected chi connectivity index (χ2v) is 4.63. The third kappa shape index (κ3) is 2.42. The molecule has 2 aromatic rings. The number of pyridine rings is 2. The van der Waals surface area contributed by atoms with E-state index in [0.717, 1.165) is 17.5 Å². The molecule has 1 fully saturated rings. The maximum atomic E-state index is 10.9. The monoisotopic (exact) mass is 258 g/mol. The number of amides is 1. The Morgan fingerprint density at radius 2 is 2.37 bits per heavy atom. The van der Waals surface area contributed by atoms with Crippen molar-refractivity contribution in [3.63, 3.8) is 0 Å². The summed E-state index contributed by atoms with van der Waals surface area (Å²) >= 11 is 0. The van der Waals surface area contributed by atoms with Gasteiger partial charge in [-0.25, -0.2) is 14.8 Å². The quantitative estimate of drug-likeness (QED) is 0.858. The molecule has 1 atom stereocenters. The van der Waals surface area contributed by atoms with Crippen molar-refractivity contribution in [3.8, 4) is 0 Å². The minimum Gasteiger partial charge on any atom is -0.465 e. The highest BCUT2D eigenvalue weighted by Crippen LogP contribution is 2.18. The molecule has 0 radical (unpaired) electrons. The number of hydrogen-bond donors (Lipinski definition) is 2. The van der Waals surface area contributed by atoms with E-state index in [1.54, 1.807) is 12.4 Å². The van der Waals surface area contributed by atoms with Gasteiger partial charge in [-0.15, -0.1) is 0 Å². The van der Waals surface area contributed by atoms with Crippen LogP contribution < -0.4 is 5.32 Å². The first-order valence-electron chi connectivity index (χ1n) is 6.17. The molecular weight excluding hydrogens is 244 g/mol. The van der Waals surface area contributed by atoms with Gasteiger partial charge in [0.2, 0.25) is 0 Å². The number of nitrogens with one attached hydrogen (secondary N) is 1. The maximum Gasteiger partial charge on any atom is 0.407 e. The zero-order valence-corrected chi connectivity index (χ0v) is 10.3. The molecule has 6 heteroatoms. The Morgan fingerprint density at radius 3 is 3.16 bits per heavy atom. The SMILES string of the molecule is O=C(O)N1CC[C@H](Nc2cnc3ncccc3c2)C1. The summed E-state index contributed by atoms with van der Waals surface area (Å²) in [5.74, 6) is 0. The molecular formula is C13H14N4O2. The summed E-state index contributed by atoms with van der Waals surface area (Å²) < 4.78 is 0. The summed E-state index contributed by atoms with van der Waals surface area (Å²) in [6.45, 7) is 1.09. The number of carboxylic acid groups (broad SMARTS) is 1. The Kier molecular flexibility index (Phi) is 2.91. The van der Waals surface area contributed by atoms with Gasteiger partial charge in [0, 0.05) is 30.7 Å². The van der Waals surface area contributed by atoms with Crippen LogP contribution in [0.25, 0.3) is 11.0 Å². The van der Waals surface area contributed by atoms with Crippen LogP contribution in [0.3, 0.4) is 0 Å². The van der Waals surface area contributed by atoms with Crippen molar-refractivity contribution in [1.82, 2.24) is 14.9 Å². The van der Waals surface area contributed by atoms with E-state index in [0.29, 0.717) is 18.7 Å². The summed E-state index contributed by atoms with van der Waals surface area (Å²) in [5, 5.41) is 13.2. The molecule has 0 aliphatic carbocycles. The van der Waals surface area contributed by atoms with Gasteiger partial charge in [-0.3, -0.25) is 0 Å². The Hall–Kier alpha value is -2.37. The van der Waals surface area contributed by atoms with Crippen LogP contribution in [-0.2, 0) is 0 Å². The Morgan fingerprint density at radius 1 is 1.47 bits per heavy atom. The molecule has 19 heavy (non-hydrogen) atoms. The molecule has 1 aliphatic rings. The maximum absolute atomic E-state index is 10.9. The highest BCUT2D eigenvalue weighted by Gasteiger charge is 2.25. The van der Waals surface area contributed by atoms with E-state index in [-0.39, 0.29) is 6.04 Å². The van der Waals surface area contributed by atoms with E-state index in [1.165, 1.54) is 4.90 Å². The highest BCUT2D eigenvalue weighted by molar-refractivity contribution is 5.78. The number of carbonyl (C=O) groups is 1. The lowest BCUT2D eigenvalue weighted by atomic mass is 10.2. The van der Waals surface area contributed by atoms with Gasteiger partial charge in [0.15, 0.2) is 5.65 Å². The number of fused-ring (bicyclic) bond motifs is 1. The van der Waals surface area contributed by atoms with Gasteiger partial charge in [0.1, 0.15) is 0 Å². The standard InChI is InChI=1S/C13H14N4O2/c18-13(19)17-5-3-10(8-17)16-11-6-9-2-1-4-14-12(9)15-7-11/h1-2,4,6-7,10,16H,3,5,8H2,(H,18,19)/t10-/m0/s1. The minimum atomic E-state index is -0.856. The van der Waals surface area contributed by atoms with Crippen LogP contribution in [0, 0.1) is 0 Å².